The molecule has 0 fully saturated rings. The zero-order valence-corrected chi connectivity index (χ0v) is 54.2. The molecule has 0 radical (unpaired) electrons. The highest BCUT2D eigenvalue weighted by Crippen LogP contribution is 2.21. The van der Waals surface area contributed by atoms with Crippen LogP contribution in [-0.2, 0) is 0 Å². The quantitative estimate of drug-likeness (QED) is 0.136. The molecule has 0 amide bonds. The van der Waals surface area contributed by atoms with Gasteiger partial charge in [-0.25, -0.2) is 0 Å². The van der Waals surface area contributed by atoms with Crippen LogP contribution in [0.5, 0.6) is 0 Å². The van der Waals surface area contributed by atoms with Gasteiger partial charge < -0.3 is 0 Å². The van der Waals surface area contributed by atoms with Gasteiger partial charge in [0.1, 0.15) is 72.8 Å². The van der Waals surface area contributed by atoms with Crippen molar-refractivity contribution in [1.82, 2.24) is 0 Å². The lowest BCUT2D eigenvalue weighted by molar-refractivity contribution is 1.32. The second-order valence-corrected chi connectivity index (χ2v) is 19.7. The second kappa shape index (κ2) is 41.8. The molecule has 0 aromatic heterocycles. The summed E-state index contributed by atoms with van der Waals surface area (Å²) in [5, 5.41) is 190. The van der Waals surface area contributed by atoms with E-state index in [2.05, 4.69) is 0 Å². The van der Waals surface area contributed by atoms with Crippen molar-refractivity contribution in [3.63, 3.8) is 0 Å². The molecule has 22 nitrogen and oxygen atoms in total. The van der Waals surface area contributed by atoms with E-state index in [0.29, 0.717) is 106 Å². The summed E-state index contributed by atoms with van der Waals surface area (Å²) < 4.78 is 0. The fourth-order valence-corrected chi connectivity index (χ4v) is 8.07. The van der Waals surface area contributed by atoms with Gasteiger partial charge in [-0.15, -0.1) is 0 Å². The van der Waals surface area contributed by atoms with E-state index in [4.69, 9.17) is 116 Å². The Morgan fingerprint density at radius 2 is 0.470 bits per heavy atom. The van der Waals surface area contributed by atoms with Gasteiger partial charge in [0.05, 0.1) is 183 Å². The van der Waals surface area contributed by atoms with E-state index >= 15 is 0 Å². The van der Waals surface area contributed by atoms with Crippen molar-refractivity contribution < 1.29 is 0 Å². The molecule has 8 aromatic carbocycles. The van der Waals surface area contributed by atoms with Gasteiger partial charge in [-0.3, -0.25) is 0 Å². The number of rotatable bonds is 0. The van der Waals surface area contributed by atoms with Crippen LogP contribution in [0.2, 0.25) is 0 Å². The Bertz CT molecular complexity index is 5370. The van der Waals surface area contributed by atoms with Crippen LogP contribution in [0, 0.1) is 305 Å². The molecule has 0 heterocycles. The normalized spacial score (nSPS) is 8.18. The lowest BCUT2D eigenvalue weighted by Crippen LogP contribution is -1.92. The van der Waals surface area contributed by atoms with Gasteiger partial charge in [-0.2, -0.15) is 116 Å². The molecule has 0 N–H and O–H groups in total. The fourth-order valence-electron chi connectivity index (χ4n) is 8.07. The van der Waals surface area contributed by atoms with Crippen molar-refractivity contribution in [2.24, 2.45) is 0 Å². The molecule has 0 bridgehead atoms. The first-order chi connectivity index (χ1) is 47.9. The molecule has 0 spiro atoms. The van der Waals surface area contributed by atoms with E-state index in [-0.39, 0.29) is 33.4 Å². The Balaban J connectivity index is 0.000000572. The van der Waals surface area contributed by atoms with Crippen molar-refractivity contribution in [3.8, 4) is 134 Å². The summed E-state index contributed by atoms with van der Waals surface area (Å²) in [7, 11) is 0. The van der Waals surface area contributed by atoms with Crippen molar-refractivity contribution in [3.05, 3.63) is 276 Å². The van der Waals surface area contributed by atoms with Crippen LogP contribution < -0.4 is 0 Å². The Morgan fingerprint density at radius 3 is 0.840 bits per heavy atom. The van der Waals surface area contributed by atoms with Crippen molar-refractivity contribution in [2.75, 3.05) is 0 Å². The van der Waals surface area contributed by atoms with Gasteiger partial charge in [0, 0.05) is 0 Å². The number of nitrogens with zero attached hydrogens (tertiary/aromatic N) is 22. The monoisotopic (exact) mass is 1290 g/mol. The molecule has 100 heavy (non-hydrogen) atoms. The lowest BCUT2D eigenvalue weighted by Gasteiger charge is -2.00. The molecule has 0 atom stereocenters. The number of hydrogen-bond acceptors (Lipinski definition) is 22. The Kier molecular flexibility index (Phi) is 33.6. The molecular formula is C78H42N22. The zero-order valence-electron chi connectivity index (χ0n) is 54.2. The molecule has 8 aromatic rings. The standard InChI is InChI=1S/6C10H5N3.2C9H6N2/c1-7-9(5-12)2-8(4-11)3-10(7)6-13;1-7-2-9(5-12)10(6-13)3-8(7)4-11;1-7-2-8(4-11)3-9(5-12)10(7)6-13;1-7-8(4-11)2-3-9(5-12)10(7)6-13;2*1-7-2-3-8(4-11)10(6-13)9(7)5-12;1-7-2-8(5-10)4-9(3-7)6-11;1-7-4-8(5-10)2-3-9(7)6-11/h6*2-3H,1H3;2*2-4H,1H3. The van der Waals surface area contributed by atoms with Crippen molar-refractivity contribution in [1.29, 1.82) is 116 Å². The van der Waals surface area contributed by atoms with Crippen LogP contribution in [0.15, 0.2) is 109 Å². The average molecular weight is 1290 g/mol. The Hall–Kier alpha value is -17.5. The zero-order chi connectivity index (χ0) is 75.6. The molecular weight excluding hydrogens is 1250 g/mol. The third kappa shape index (κ3) is 22.5. The predicted octanol–water partition coefficient (Wildman–Crippen LogP) is 13.1. The lowest BCUT2D eigenvalue weighted by atomic mass is 9.99. The third-order valence-electron chi connectivity index (χ3n) is 13.3. The smallest absolute Gasteiger partial charge is 0.102 e. The highest BCUT2D eigenvalue weighted by Gasteiger charge is 2.13. The van der Waals surface area contributed by atoms with Crippen molar-refractivity contribution in [2.45, 2.75) is 55.4 Å². The maximum Gasteiger partial charge on any atom is 0.102 e. The number of aryl methyl sites for hydroxylation is 6. The summed E-state index contributed by atoms with van der Waals surface area (Å²) in [6.45, 7) is 14.0. The summed E-state index contributed by atoms with van der Waals surface area (Å²) in [4.78, 5) is 0. The van der Waals surface area contributed by atoms with E-state index < -0.39 is 0 Å². The first-order valence-electron chi connectivity index (χ1n) is 27.8. The highest BCUT2D eigenvalue weighted by atomic mass is 14.4. The summed E-state index contributed by atoms with van der Waals surface area (Å²) in [6, 6.07) is 70.9. The molecule has 0 saturated carbocycles. The third-order valence-corrected chi connectivity index (χ3v) is 13.3. The minimum atomic E-state index is 0.171. The van der Waals surface area contributed by atoms with Crippen molar-refractivity contribution >= 4 is 0 Å². The van der Waals surface area contributed by atoms with E-state index in [0.717, 1.165) is 27.8 Å². The van der Waals surface area contributed by atoms with Gasteiger partial charge >= 0.3 is 0 Å². The summed E-state index contributed by atoms with van der Waals surface area (Å²) in [5.41, 5.74) is 13.8. The summed E-state index contributed by atoms with van der Waals surface area (Å²) >= 11 is 0. The minimum absolute atomic E-state index is 0.171. The van der Waals surface area contributed by atoms with Gasteiger partial charge in [0.15, 0.2) is 0 Å². The van der Waals surface area contributed by atoms with Gasteiger partial charge in [0.25, 0.3) is 0 Å². The number of hydrogen-bond donors (Lipinski definition) is 0. The van der Waals surface area contributed by atoms with Crippen LogP contribution in [0.1, 0.15) is 167 Å². The van der Waals surface area contributed by atoms with Crippen LogP contribution >= 0.6 is 0 Å². The highest BCUT2D eigenvalue weighted by molar-refractivity contribution is 5.61. The van der Waals surface area contributed by atoms with Gasteiger partial charge in [-0.05, 0) is 197 Å². The van der Waals surface area contributed by atoms with Crippen LogP contribution in [-0.4, -0.2) is 0 Å². The number of benzene rings is 8. The Morgan fingerprint density at radius 1 is 0.160 bits per heavy atom. The first kappa shape index (κ1) is 80.6. The minimum Gasteiger partial charge on any atom is -0.192 e. The van der Waals surface area contributed by atoms with Crippen LogP contribution in [0.25, 0.3) is 0 Å². The number of nitriles is 22. The Labute approximate surface area is 577 Å². The second-order valence-electron chi connectivity index (χ2n) is 19.7. The van der Waals surface area contributed by atoms with E-state index in [1.807, 2.05) is 147 Å². The van der Waals surface area contributed by atoms with E-state index in [1.54, 1.807) is 120 Å². The molecule has 0 aliphatic heterocycles. The summed E-state index contributed by atoms with van der Waals surface area (Å²) in [5.74, 6) is 0. The molecule has 8 rings (SSSR count). The maximum atomic E-state index is 8.74. The molecule has 0 saturated heterocycles. The van der Waals surface area contributed by atoms with Crippen LogP contribution in [0.4, 0.5) is 0 Å². The maximum absolute atomic E-state index is 8.74. The largest absolute Gasteiger partial charge is 0.192 e. The molecule has 0 unspecified atom stereocenters. The molecule has 0 aliphatic rings. The fraction of sp³-hybridized carbons (Fsp3) is 0.103. The molecule has 22 heteroatoms. The summed E-state index contributed by atoms with van der Waals surface area (Å²) in [6.07, 6.45) is 0. The molecule has 464 valence electrons. The average Bonchev–Trinajstić information content (AvgIpc) is 0.878. The predicted molar refractivity (Wildman–Crippen MR) is 353 cm³/mol. The molecule has 0 aliphatic carbocycles. The topological polar surface area (TPSA) is 523 Å². The first-order valence-corrected chi connectivity index (χ1v) is 27.8. The van der Waals surface area contributed by atoms with E-state index in [9.17, 15) is 0 Å². The van der Waals surface area contributed by atoms with E-state index in [1.165, 1.54) is 30.3 Å². The van der Waals surface area contributed by atoms with Gasteiger partial charge in [0.2, 0.25) is 0 Å². The van der Waals surface area contributed by atoms with Crippen LogP contribution in [0.3, 0.4) is 0 Å². The van der Waals surface area contributed by atoms with Gasteiger partial charge in [-0.1, -0.05) is 12.1 Å². The SMILES string of the molecule is Cc1c(C#N)cc(C#N)cc1C#N.Cc1c(C#N)ccc(C#N)c1C#N.Cc1cc(C#N)c(C#N)cc1C#N.Cc1cc(C#N)cc(C#N)c1.Cc1cc(C#N)cc(C#N)c1C#N.Cc1cc(C#N)ccc1C#N.Cc1ccc(C#N)c(C#N)c1C#N.Cc1ccc(C#N)c(C#N)c1C#N.